The van der Waals surface area contributed by atoms with Gasteiger partial charge in [-0.2, -0.15) is 11.8 Å². The Morgan fingerprint density at radius 2 is 1.95 bits per heavy atom. The van der Waals surface area contributed by atoms with Crippen molar-refractivity contribution < 1.29 is 14.6 Å². The average molecular weight is 288 g/mol. The summed E-state index contributed by atoms with van der Waals surface area (Å²) in [6.45, 7) is 9.01. The van der Waals surface area contributed by atoms with Crippen LogP contribution in [0.1, 0.15) is 46.5 Å². The number of rotatable bonds is 3. The predicted molar refractivity (Wildman–Crippen MR) is 79.7 cm³/mol. The van der Waals surface area contributed by atoms with Gasteiger partial charge in [0.1, 0.15) is 0 Å². The maximum absolute atomic E-state index is 10.4. The van der Waals surface area contributed by atoms with E-state index in [9.17, 15) is 5.11 Å². The molecule has 0 bridgehead atoms. The van der Waals surface area contributed by atoms with Crippen molar-refractivity contribution in [3.05, 3.63) is 0 Å². The summed E-state index contributed by atoms with van der Waals surface area (Å²) in [5.41, 5.74) is -0.00541. The summed E-state index contributed by atoms with van der Waals surface area (Å²) in [5.74, 6) is 1.22. The normalized spacial score (nSPS) is 29.4. The smallest absolute Gasteiger partial charge is 0.0730 e. The van der Waals surface area contributed by atoms with Crippen LogP contribution in [-0.4, -0.2) is 47.1 Å². The Hall–Kier alpha value is 0.230. The minimum atomic E-state index is -0.201. The van der Waals surface area contributed by atoms with Crippen LogP contribution in [0.2, 0.25) is 0 Å². The van der Waals surface area contributed by atoms with Crippen LogP contribution in [0.25, 0.3) is 0 Å². The van der Waals surface area contributed by atoms with Crippen molar-refractivity contribution in [1.29, 1.82) is 0 Å². The van der Waals surface area contributed by atoms with Gasteiger partial charge < -0.3 is 14.6 Å². The quantitative estimate of drug-likeness (QED) is 0.867. The number of aliphatic hydroxyl groups excluding tert-OH is 1. The van der Waals surface area contributed by atoms with Gasteiger partial charge in [-0.1, -0.05) is 20.8 Å². The number of aliphatic hydroxyl groups is 1. The average Bonchev–Trinajstić information content (AvgIpc) is 2.36. The molecular weight excluding hydrogens is 260 g/mol. The summed E-state index contributed by atoms with van der Waals surface area (Å²) >= 11 is 1.85. The Kier molecular flexibility index (Phi) is 5.21. The number of hydrogen-bond donors (Lipinski definition) is 1. The molecule has 0 aromatic carbocycles. The van der Waals surface area contributed by atoms with Crippen LogP contribution < -0.4 is 0 Å². The van der Waals surface area contributed by atoms with Crippen LogP contribution in [0.4, 0.5) is 0 Å². The highest BCUT2D eigenvalue weighted by Crippen LogP contribution is 2.39. The molecule has 0 aliphatic carbocycles. The molecule has 3 nitrogen and oxygen atoms in total. The van der Waals surface area contributed by atoms with Crippen LogP contribution >= 0.6 is 11.8 Å². The minimum absolute atomic E-state index is 0.00541. The minimum Gasteiger partial charge on any atom is -0.392 e. The Morgan fingerprint density at radius 1 is 1.26 bits per heavy atom. The molecule has 2 rings (SSSR count). The first-order valence-electron chi connectivity index (χ1n) is 7.44. The number of ether oxygens (including phenoxy) is 2. The van der Waals surface area contributed by atoms with Crippen molar-refractivity contribution in [1.82, 2.24) is 0 Å². The molecule has 0 aromatic heterocycles. The Balaban J connectivity index is 1.86. The van der Waals surface area contributed by atoms with E-state index in [0.29, 0.717) is 5.92 Å². The summed E-state index contributed by atoms with van der Waals surface area (Å²) in [4.78, 5) is 0. The first-order chi connectivity index (χ1) is 8.90. The molecule has 0 radical (unpaired) electrons. The van der Waals surface area contributed by atoms with Gasteiger partial charge in [-0.15, -0.1) is 0 Å². The monoisotopic (exact) mass is 288 g/mol. The topological polar surface area (TPSA) is 38.7 Å². The second-order valence-corrected chi connectivity index (χ2v) is 8.73. The lowest BCUT2D eigenvalue weighted by Crippen LogP contribution is -2.47. The van der Waals surface area contributed by atoms with E-state index in [1.165, 1.54) is 0 Å². The molecule has 0 aromatic rings. The highest BCUT2D eigenvalue weighted by Gasteiger charge is 2.41. The molecule has 2 atom stereocenters. The van der Waals surface area contributed by atoms with Crippen LogP contribution in [0.3, 0.4) is 0 Å². The molecule has 2 heterocycles. The number of thioether (sulfide) groups is 1. The maximum atomic E-state index is 10.4. The second kappa shape index (κ2) is 6.33. The van der Waals surface area contributed by atoms with Gasteiger partial charge in [0.25, 0.3) is 0 Å². The molecule has 2 unspecified atom stereocenters. The second-order valence-electron chi connectivity index (χ2n) is 6.89. The Labute approximate surface area is 121 Å². The molecule has 2 fully saturated rings. The van der Waals surface area contributed by atoms with Crippen molar-refractivity contribution in [3.8, 4) is 0 Å². The third-order valence-corrected chi connectivity index (χ3v) is 5.54. The van der Waals surface area contributed by atoms with Crippen molar-refractivity contribution in [2.75, 3.05) is 25.6 Å². The van der Waals surface area contributed by atoms with E-state index in [4.69, 9.17) is 9.47 Å². The lowest BCUT2D eigenvalue weighted by atomic mass is 9.79. The SMILES string of the molecule is CC(C)(C)SCC(O)C1CCOC2(CCOCC2)C1. The maximum Gasteiger partial charge on any atom is 0.0730 e. The largest absolute Gasteiger partial charge is 0.392 e. The summed E-state index contributed by atoms with van der Waals surface area (Å²) in [7, 11) is 0. The van der Waals surface area contributed by atoms with Gasteiger partial charge in [-0.05, 0) is 31.6 Å². The lowest BCUT2D eigenvalue weighted by Gasteiger charge is -2.44. The van der Waals surface area contributed by atoms with Crippen molar-refractivity contribution in [2.45, 2.75) is 62.9 Å². The van der Waals surface area contributed by atoms with Crippen LogP contribution in [-0.2, 0) is 9.47 Å². The van der Waals surface area contributed by atoms with Crippen molar-refractivity contribution in [3.63, 3.8) is 0 Å². The zero-order valence-electron chi connectivity index (χ0n) is 12.5. The highest BCUT2D eigenvalue weighted by molar-refractivity contribution is 8.00. The van der Waals surface area contributed by atoms with Gasteiger partial charge in [0.15, 0.2) is 0 Å². The summed E-state index contributed by atoms with van der Waals surface area (Å²) in [5, 5.41) is 10.4. The standard InChI is InChI=1S/C15H28O3S/c1-14(2,3)19-11-13(16)12-4-7-18-15(10-12)5-8-17-9-6-15/h12-13,16H,4-11H2,1-3H3. The molecule has 0 saturated carbocycles. The van der Waals surface area contributed by atoms with E-state index in [1.807, 2.05) is 11.8 Å². The van der Waals surface area contributed by atoms with E-state index in [1.54, 1.807) is 0 Å². The van der Waals surface area contributed by atoms with Gasteiger partial charge in [0.2, 0.25) is 0 Å². The fraction of sp³-hybridized carbons (Fsp3) is 1.00. The molecule has 0 amide bonds. The zero-order valence-corrected chi connectivity index (χ0v) is 13.3. The summed E-state index contributed by atoms with van der Waals surface area (Å²) in [6, 6.07) is 0. The van der Waals surface area contributed by atoms with Gasteiger partial charge in [0, 0.05) is 30.3 Å². The first-order valence-corrected chi connectivity index (χ1v) is 8.43. The number of hydrogen-bond acceptors (Lipinski definition) is 4. The fourth-order valence-corrected chi connectivity index (χ4v) is 3.90. The Bertz CT molecular complexity index is 276. The van der Waals surface area contributed by atoms with Crippen molar-refractivity contribution in [2.24, 2.45) is 5.92 Å². The predicted octanol–water partition coefficient (Wildman–Crippen LogP) is 2.85. The van der Waals surface area contributed by atoms with Crippen molar-refractivity contribution >= 4 is 11.8 Å². The molecule has 4 heteroatoms. The van der Waals surface area contributed by atoms with Crippen LogP contribution in [0, 0.1) is 5.92 Å². The third kappa shape index (κ3) is 4.62. The van der Waals surface area contributed by atoms with E-state index in [-0.39, 0.29) is 16.5 Å². The van der Waals surface area contributed by atoms with Crippen LogP contribution in [0.15, 0.2) is 0 Å². The summed E-state index contributed by atoms with van der Waals surface area (Å²) < 4.78 is 11.7. The third-order valence-electron chi connectivity index (χ3n) is 4.17. The molecule has 2 saturated heterocycles. The van der Waals surface area contributed by atoms with E-state index < -0.39 is 0 Å². The zero-order chi connectivity index (χ0) is 13.9. The van der Waals surface area contributed by atoms with Gasteiger partial charge in [-0.25, -0.2) is 0 Å². The molecule has 19 heavy (non-hydrogen) atoms. The highest BCUT2D eigenvalue weighted by atomic mass is 32.2. The molecule has 112 valence electrons. The molecule has 2 aliphatic heterocycles. The van der Waals surface area contributed by atoms with Crippen LogP contribution in [0.5, 0.6) is 0 Å². The molecular formula is C15H28O3S. The van der Waals surface area contributed by atoms with E-state index in [0.717, 1.165) is 51.3 Å². The first kappa shape index (κ1) is 15.6. The fourth-order valence-electron chi connectivity index (χ4n) is 2.96. The van der Waals surface area contributed by atoms with E-state index in [2.05, 4.69) is 20.8 Å². The van der Waals surface area contributed by atoms with Gasteiger partial charge in [0.05, 0.1) is 11.7 Å². The molecule has 1 N–H and O–H groups in total. The van der Waals surface area contributed by atoms with Gasteiger partial charge >= 0.3 is 0 Å². The molecule has 1 spiro atoms. The summed E-state index contributed by atoms with van der Waals surface area (Å²) in [6.07, 6.45) is 3.77. The lowest BCUT2D eigenvalue weighted by molar-refractivity contribution is -0.156. The van der Waals surface area contributed by atoms with E-state index >= 15 is 0 Å². The Morgan fingerprint density at radius 3 is 2.58 bits per heavy atom. The molecule has 2 aliphatic rings. The van der Waals surface area contributed by atoms with Gasteiger partial charge in [-0.3, -0.25) is 0 Å².